The van der Waals surface area contributed by atoms with Gasteiger partial charge in [0.15, 0.2) is 0 Å². The Kier molecular flexibility index (Phi) is 3.14. The van der Waals surface area contributed by atoms with E-state index < -0.39 is 0 Å². The predicted molar refractivity (Wildman–Crippen MR) is 66.0 cm³/mol. The number of thiophene rings is 1. The predicted octanol–water partition coefficient (Wildman–Crippen LogP) is 2.31. The first kappa shape index (κ1) is 11.1. The van der Waals surface area contributed by atoms with Crippen molar-refractivity contribution in [2.45, 2.75) is 32.9 Å². The van der Waals surface area contributed by atoms with Gasteiger partial charge in [-0.25, -0.2) is 0 Å². The van der Waals surface area contributed by atoms with Crippen molar-refractivity contribution in [1.29, 1.82) is 0 Å². The second kappa shape index (κ2) is 4.24. The Morgan fingerprint density at radius 2 is 2.40 bits per heavy atom. The number of nitrogens with zero attached hydrogens (tertiary/aromatic N) is 1. The SMILES string of the molecule is CC1(C)CN(Cc2cccs2)CCC1N. The van der Waals surface area contributed by atoms with E-state index in [4.69, 9.17) is 5.73 Å². The lowest BCUT2D eigenvalue weighted by atomic mass is 9.80. The Morgan fingerprint density at radius 3 is 3.00 bits per heavy atom. The fraction of sp³-hybridized carbons (Fsp3) is 0.667. The maximum atomic E-state index is 6.12. The van der Waals surface area contributed by atoms with Crippen LogP contribution in [0.2, 0.25) is 0 Å². The van der Waals surface area contributed by atoms with Gasteiger partial charge in [-0.05, 0) is 23.3 Å². The summed E-state index contributed by atoms with van der Waals surface area (Å²) >= 11 is 1.84. The quantitative estimate of drug-likeness (QED) is 0.835. The molecule has 0 amide bonds. The fourth-order valence-corrected chi connectivity index (χ4v) is 2.99. The van der Waals surface area contributed by atoms with Crippen LogP contribution in [0.5, 0.6) is 0 Å². The van der Waals surface area contributed by atoms with Gasteiger partial charge in [-0.1, -0.05) is 19.9 Å². The molecule has 1 saturated heterocycles. The molecule has 1 aromatic heterocycles. The molecule has 3 heteroatoms. The summed E-state index contributed by atoms with van der Waals surface area (Å²) in [6.07, 6.45) is 1.12. The number of hydrogen-bond acceptors (Lipinski definition) is 3. The molecule has 2 N–H and O–H groups in total. The highest BCUT2D eigenvalue weighted by Crippen LogP contribution is 2.28. The van der Waals surface area contributed by atoms with Gasteiger partial charge in [0.1, 0.15) is 0 Å². The topological polar surface area (TPSA) is 29.3 Å². The van der Waals surface area contributed by atoms with E-state index in [-0.39, 0.29) is 5.41 Å². The third kappa shape index (κ3) is 2.60. The van der Waals surface area contributed by atoms with Crippen LogP contribution in [0.3, 0.4) is 0 Å². The minimum atomic E-state index is 0.259. The third-order valence-electron chi connectivity index (χ3n) is 3.35. The molecular formula is C12H20N2S. The maximum Gasteiger partial charge on any atom is 0.0328 e. The molecule has 1 atom stereocenters. The Hall–Kier alpha value is -0.380. The zero-order valence-electron chi connectivity index (χ0n) is 9.57. The van der Waals surface area contributed by atoms with Crippen molar-refractivity contribution < 1.29 is 0 Å². The average Bonchev–Trinajstić information content (AvgIpc) is 2.63. The summed E-state index contributed by atoms with van der Waals surface area (Å²) < 4.78 is 0. The van der Waals surface area contributed by atoms with Gasteiger partial charge in [-0.15, -0.1) is 11.3 Å². The van der Waals surface area contributed by atoms with Crippen LogP contribution < -0.4 is 5.73 Å². The van der Waals surface area contributed by atoms with E-state index in [0.29, 0.717) is 6.04 Å². The van der Waals surface area contributed by atoms with Gasteiger partial charge in [0.2, 0.25) is 0 Å². The molecule has 1 aliphatic rings. The van der Waals surface area contributed by atoms with E-state index in [1.165, 1.54) is 4.88 Å². The minimum absolute atomic E-state index is 0.259. The minimum Gasteiger partial charge on any atom is -0.327 e. The van der Waals surface area contributed by atoms with Gasteiger partial charge in [0.05, 0.1) is 0 Å². The van der Waals surface area contributed by atoms with Gasteiger partial charge in [0, 0.05) is 30.6 Å². The molecule has 0 spiro atoms. The summed E-state index contributed by atoms with van der Waals surface area (Å²) in [6.45, 7) is 7.90. The van der Waals surface area contributed by atoms with Crippen LogP contribution in [-0.2, 0) is 6.54 Å². The number of piperidine rings is 1. The smallest absolute Gasteiger partial charge is 0.0328 e. The molecule has 2 heterocycles. The van der Waals surface area contributed by atoms with Crippen molar-refractivity contribution in [2.24, 2.45) is 11.1 Å². The third-order valence-corrected chi connectivity index (χ3v) is 4.21. The molecule has 1 aliphatic heterocycles. The van der Waals surface area contributed by atoms with E-state index in [9.17, 15) is 0 Å². The van der Waals surface area contributed by atoms with Crippen molar-refractivity contribution in [2.75, 3.05) is 13.1 Å². The molecule has 0 aliphatic carbocycles. The summed E-state index contributed by atoms with van der Waals surface area (Å²) in [5, 5.41) is 2.15. The lowest BCUT2D eigenvalue weighted by Gasteiger charge is -2.42. The van der Waals surface area contributed by atoms with Crippen LogP contribution in [0.25, 0.3) is 0 Å². The molecule has 0 aromatic carbocycles. The van der Waals surface area contributed by atoms with E-state index in [1.54, 1.807) is 0 Å². The van der Waals surface area contributed by atoms with E-state index >= 15 is 0 Å². The second-order valence-electron chi connectivity index (χ2n) is 5.17. The highest BCUT2D eigenvalue weighted by molar-refractivity contribution is 7.09. The molecule has 0 radical (unpaired) electrons. The van der Waals surface area contributed by atoms with Gasteiger partial charge >= 0.3 is 0 Å². The first-order valence-electron chi connectivity index (χ1n) is 5.58. The summed E-state index contributed by atoms with van der Waals surface area (Å²) in [6, 6.07) is 4.70. The van der Waals surface area contributed by atoms with Crippen molar-refractivity contribution >= 4 is 11.3 Å². The number of rotatable bonds is 2. The van der Waals surface area contributed by atoms with Crippen LogP contribution in [0.1, 0.15) is 25.1 Å². The zero-order chi connectivity index (χ0) is 10.9. The number of likely N-dealkylation sites (tertiary alicyclic amines) is 1. The summed E-state index contributed by atoms with van der Waals surface area (Å²) in [4.78, 5) is 3.98. The Morgan fingerprint density at radius 1 is 1.60 bits per heavy atom. The van der Waals surface area contributed by atoms with E-state index in [1.807, 2.05) is 11.3 Å². The molecule has 0 bridgehead atoms. The van der Waals surface area contributed by atoms with E-state index in [0.717, 1.165) is 26.1 Å². The van der Waals surface area contributed by atoms with Gasteiger partial charge < -0.3 is 5.73 Å². The molecule has 0 saturated carbocycles. The van der Waals surface area contributed by atoms with Crippen molar-refractivity contribution in [3.63, 3.8) is 0 Å². The fourth-order valence-electron chi connectivity index (χ4n) is 2.24. The molecule has 1 fully saturated rings. The summed E-state index contributed by atoms with van der Waals surface area (Å²) in [7, 11) is 0. The molecule has 1 aromatic rings. The molecule has 84 valence electrons. The van der Waals surface area contributed by atoms with Crippen LogP contribution >= 0.6 is 11.3 Å². The normalized spacial score (nSPS) is 26.7. The molecular weight excluding hydrogens is 204 g/mol. The number of nitrogens with two attached hydrogens (primary N) is 1. The molecule has 2 rings (SSSR count). The van der Waals surface area contributed by atoms with Crippen LogP contribution in [-0.4, -0.2) is 24.0 Å². The van der Waals surface area contributed by atoms with Gasteiger partial charge in [0.25, 0.3) is 0 Å². The Balaban J connectivity index is 1.95. The van der Waals surface area contributed by atoms with Gasteiger partial charge in [-0.3, -0.25) is 4.90 Å². The lowest BCUT2D eigenvalue weighted by Crippen LogP contribution is -2.51. The van der Waals surface area contributed by atoms with Crippen molar-refractivity contribution in [1.82, 2.24) is 4.90 Å². The molecule has 2 nitrogen and oxygen atoms in total. The van der Waals surface area contributed by atoms with Crippen molar-refractivity contribution in [3.05, 3.63) is 22.4 Å². The highest BCUT2D eigenvalue weighted by atomic mass is 32.1. The first-order chi connectivity index (χ1) is 7.08. The van der Waals surface area contributed by atoms with E-state index in [2.05, 4.69) is 36.3 Å². The lowest BCUT2D eigenvalue weighted by molar-refractivity contribution is 0.0907. The second-order valence-corrected chi connectivity index (χ2v) is 6.21. The summed E-state index contributed by atoms with van der Waals surface area (Å²) in [5.74, 6) is 0. The van der Waals surface area contributed by atoms with Crippen molar-refractivity contribution in [3.8, 4) is 0 Å². The highest BCUT2D eigenvalue weighted by Gasteiger charge is 2.33. The Labute approximate surface area is 96.1 Å². The average molecular weight is 224 g/mol. The number of hydrogen-bond donors (Lipinski definition) is 1. The molecule has 15 heavy (non-hydrogen) atoms. The van der Waals surface area contributed by atoms with Crippen LogP contribution in [0.4, 0.5) is 0 Å². The van der Waals surface area contributed by atoms with Crippen LogP contribution in [0.15, 0.2) is 17.5 Å². The summed E-state index contributed by atoms with van der Waals surface area (Å²) in [5.41, 5.74) is 6.38. The van der Waals surface area contributed by atoms with Crippen LogP contribution in [0, 0.1) is 5.41 Å². The Bertz CT molecular complexity index is 305. The first-order valence-corrected chi connectivity index (χ1v) is 6.46. The monoisotopic (exact) mass is 224 g/mol. The molecule has 1 unspecified atom stereocenters. The standard InChI is InChI=1S/C12H20N2S/c1-12(2)9-14(6-5-11(12)13)8-10-4-3-7-15-10/h3-4,7,11H,5-6,8-9,13H2,1-2H3. The largest absolute Gasteiger partial charge is 0.327 e. The maximum absolute atomic E-state index is 6.12. The van der Waals surface area contributed by atoms with Gasteiger partial charge in [-0.2, -0.15) is 0 Å². The zero-order valence-corrected chi connectivity index (χ0v) is 10.4.